The quantitative estimate of drug-likeness (QED) is 0.888. The molecule has 0 bridgehead atoms. The van der Waals surface area contributed by atoms with Crippen molar-refractivity contribution in [2.45, 2.75) is 50.6 Å². The molecule has 3 N–H and O–H groups in total. The Morgan fingerprint density at radius 1 is 1.30 bits per heavy atom. The van der Waals surface area contributed by atoms with Crippen LogP contribution in [-0.2, 0) is 4.79 Å². The number of para-hydroxylation sites is 1. The summed E-state index contributed by atoms with van der Waals surface area (Å²) in [6.07, 6.45) is 4.79. The first-order chi connectivity index (χ1) is 9.57. The van der Waals surface area contributed by atoms with Crippen LogP contribution in [0.15, 0.2) is 24.3 Å². The number of hydrogen-bond donors (Lipinski definition) is 2. The van der Waals surface area contributed by atoms with E-state index in [1.165, 1.54) is 6.42 Å². The third-order valence-corrected chi connectivity index (χ3v) is 4.15. The summed E-state index contributed by atoms with van der Waals surface area (Å²) in [4.78, 5) is 12.4. The number of amides is 1. The minimum atomic E-state index is -0.700. The number of methoxy groups -OCH3 is 1. The first kappa shape index (κ1) is 14.9. The van der Waals surface area contributed by atoms with Crippen molar-refractivity contribution in [1.29, 1.82) is 0 Å². The second-order valence-electron chi connectivity index (χ2n) is 5.65. The van der Waals surface area contributed by atoms with Crippen LogP contribution in [0.25, 0.3) is 0 Å². The molecule has 0 aromatic heterocycles. The van der Waals surface area contributed by atoms with Crippen LogP contribution in [0.5, 0.6) is 5.75 Å². The number of nitrogens with one attached hydrogen (secondary N) is 1. The molecule has 1 unspecified atom stereocenters. The molecule has 1 fully saturated rings. The number of hydrogen-bond acceptors (Lipinski definition) is 3. The summed E-state index contributed by atoms with van der Waals surface area (Å²) in [5.41, 5.74) is 6.53. The number of carbonyl (C=O) groups excluding carboxylic acids is 1. The monoisotopic (exact) mass is 276 g/mol. The largest absolute Gasteiger partial charge is 0.496 e. The first-order valence-corrected chi connectivity index (χ1v) is 7.29. The highest BCUT2D eigenvalue weighted by molar-refractivity contribution is 5.86. The van der Waals surface area contributed by atoms with Crippen LogP contribution in [0.2, 0.25) is 0 Å². The number of carbonyl (C=O) groups is 1. The number of rotatable bonds is 4. The molecule has 0 radical (unpaired) electrons. The van der Waals surface area contributed by atoms with E-state index in [4.69, 9.17) is 10.5 Å². The molecule has 2 rings (SSSR count). The van der Waals surface area contributed by atoms with Crippen LogP contribution in [0, 0.1) is 0 Å². The fraction of sp³-hybridized carbons (Fsp3) is 0.562. The molecule has 1 aliphatic carbocycles. The van der Waals surface area contributed by atoms with Gasteiger partial charge in [-0.05, 0) is 25.8 Å². The predicted molar refractivity (Wildman–Crippen MR) is 79.6 cm³/mol. The topological polar surface area (TPSA) is 64.3 Å². The lowest BCUT2D eigenvalue weighted by atomic mass is 9.81. The van der Waals surface area contributed by atoms with Crippen LogP contribution in [0.3, 0.4) is 0 Å². The van der Waals surface area contributed by atoms with E-state index in [9.17, 15) is 4.79 Å². The van der Waals surface area contributed by atoms with Gasteiger partial charge in [-0.25, -0.2) is 0 Å². The summed E-state index contributed by atoms with van der Waals surface area (Å²) >= 11 is 0. The van der Waals surface area contributed by atoms with E-state index in [0.717, 1.165) is 37.0 Å². The van der Waals surface area contributed by atoms with E-state index in [0.29, 0.717) is 0 Å². The van der Waals surface area contributed by atoms with Crippen molar-refractivity contribution in [2.75, 3.05) is 7.11 Å². The second kappa shape index (κ2) is 6.27. The molecular formula is C16H24N2O2. The summed E-state index contributed by atoms with van der Waals surface area (Å²) in [6, 6.07) is 7.62. The van der Waals surface area contributed by atoms with Gasteiger partial charge in [-0.15, -0.1) is 0 Å². The SMILES string of the molecule is COc1ccccc1C(C)NC(=O)C1(N)CCCCC1. The molecule has 1 aromatic carbocycles. The third kappa shape index (κ3) is 3.12. The minimum Gasteiger partial charge on any atom is -0.496 e. The van der Waals surface area contributed by atoms with Crippen molar-refractivity contribution in [3.05, 3.63) is 29.8 Å². The molecule has 1 aromatic rings. The van der Waals surface area contributed by atoms with Gasteiger partial charge in [-0.2, -0.15) is 0 Å². The molecule has 0 spiro atoms. The van der Waals surface area contributed by atoms with Crippen LogP contribution >= 0.6 is 0 Å². The van der Waals surface area contributed by atoms with Gasteiger partial charge < -0.3 is 15.8 Å². The van der Waals surface area contributed by atoms with Gasteiger partial charge in [0.25, 0.3) is 0 Å². The van der Waals surface area contributed by atoms with Crippen molar-refractivity contribution in [2.24, 2.45) is 5.73 Å². The number of benzene rings is 1. The Labute approximate surface area is 120 Å². The lowest BCUT2D eigenvalue weighted by Crippen LogP contribution is -2.55. The van der Waals surface area contributed by atoms with Gasteiger partial charge in [0.2, 0.25) is 5.91 Å². The highest BCUT2D eigenvalue weighted by Crippen LogP contribution is 2.28. The van der Waals surface area contributed by atoms with Gasteiger partial charge in [0.05, 0.1) is 18.7 Å². The maximum atomic E-state index is 12.4. The van der Waals surface area contributed by atoms with Crippen molar-refractivity contribution in [3.8, 4) is 5.75 Å². The standard InChI is InChI=1S/C16H24N2O2/c1-12(13-8-4-5-9-14(13)20-2)18-15(19)16(17)10-6-3-7-11-16/h4-5,8-9,12H,3,6-7,10-11,17H2,1-2H3,(H,18,19). The minimum absolute atomic E-state index is 0.0457. The zero-order valence-corrected chi connectivity index (χ0v) is 12.3. The summed E-state index contributed by atoms with van der Waals surface area (Å²) < 4.78 is 5.34. The van der Waals surface area contributed by atoms with Crippen LogP contribution in [0.1, 0.15) is 50.6 Å². The molecule has 1 atom stereocenters. The average Bonchev–Trinajstić information content (AvgIpc) is 2.47. The van der Waals surface area contributed by atoms with E-state index in [1.54, 1.807) is 7.11 Å². The van der Waals surface area contributed by atoms with E-state index in [-0.39, 0.29) is 11.9 Å². The fourth-order valence-electron chi connectivity index (χ4n) is 2.85. The maximum Gasteiger partial charge on any atom is 0.240 e. The zero-order chi connectivity index (χ0) is 14.6. The normalized spacial score (nSPS) is 19.1. The van der Waals surface area contributed by atoms with Gasteiger partial charge in [-0.1, -0.05) is 37.5 Å². The van der Waals surface area contributed by atoms with Gasteiger partial charge >= 0.3 is 0 Å². The average molecular weight is 276 g/mol. The molecule has 4 nitrogen and oxygen atoms in total. The Morgan fingerprint density at radius 2 is 1.95 bits per heavy atom. The zero-order valence-electron chi connectivity index (χ0n) is 12.3. The third-order valence-electron chi connectivity index (χ3n) is 4.15. The molecule has 0 aliphatic heterocycles. The lowest BCUT2D eigenvalue weighted by molar-refractivity contribution is -0.128. The molecule has 4 heteroatoms. The number of nitrogens with two attached hydrogens (primary N) is 1. The predicted octanol–water partition coefficient (Wildman–Crippen LogP) is 2.53. The first-order valence-electron chi connectivity index (χ1n) is 7.29. The molecule has 0 heterocycles. The Kier molecular flexibility index (Phi) is 4.65. The van der Waals surface area contributed by atoms with E-state index in [2.05, 4.69) is 5.32 Å². The molecule has 1 amide bonds. The molecule has 1 saturated carbocycles. The Balaban J connectivity index is 2.07. The van der Waals surface area contributed by atoms with Crippen molar-refractivity contribution in [1.82, 2.24) is 5.32 Å². The summed E-state index contributed by atoms with van der Waals surface area (Å²) in [6.45, 7) is 1.96. The Hall–Kier alpha value is -1.55. The van der Waals surface area contributed by atoms with Gasteiger partial charge in [0.1, 0.15) is 5.75 Å². The van der Waals surface area contributed by atoms with Crippen molar-refractivity contribution >= 4 is 5.91 Å². The Morgan fingerprint density at radius 3 is 2.60 bits per heavy atom. The van der Waals surface area contributed by atoms with Crippen molar-refractivity contribution in [3.63, 3.8) is 0 Å². The Bertz CT molecular complexity index is 467. The fourth-order valence-corrected chi connectivity index (χ4v) is 2.85. The summed E-state index contributed by atoms with van der Waals surface area (Å²) in [5.74, 6) is 0.741. The molecule has 20 heavy (non-hydrogen) atoms. The lowest BCUT2D eigenvalue weighted by Gasteiger charge is -2.33. The van der Waals surface area contributed by atoms with E-state index >= 15 is 0 Å². The summed E-state index contributed by atoms with van der Waals surface area (Å²) in [5, 5.41) is 3.04. The molecular weight excluding hydrogens is 252 g/mol. The maximum absolute atomic E-state index is 12.4. The molecule has 0 saturated heterocycles. The number of ether oxygens (including phenoxy) is 1. The molecule has 110 valence electrons. The summed E-state index contributed by atoms with van der Waals surface area (Å²) in [7, 11) is 1.64. The van der Waals surface area contributed by atoms with Crippen LogP contribution < -0.4 is 15.8 Å². The smallest absolute Gasteiger partial charge is 0.240 e. The van der Waals surface area contributed by atoms with Gasteiger partial charge in [0.15, 0.2) is 0 Å². The van der Waals surface area contributed by atoms with Gasteiger partial charge in [0, 0.05) is 5.56 Å². The van der Waals surface area contributed by atoms with Crippen molar-refractivity contribution < 1.29 is 9.53 Å². The van der Waals surface area contributed by atoms with Crippen LogP contribution in [-0.4, -0.2) is 18.6 Å². The second-order valence-corrected chi connectivity index (χ2v) is 5.65. The van der Waals surface area contributed by atoms with E-state index < -0.39 is 5.54 Å². The molecule has 1 aliphatic rings. The highest BCUT2D eigenvalue weighted by Gasteiger charge is 2.36. The van der Waals surface area contributed by atoms with Gasteiger partial charge in [-0.3, -0.25) is 4.79 Å². The highest BCUT2D eigenvalue weighted by atomic mass is 16.5. The van der Waals surface area contributed by atoms with Crippen LogP contribution in [0.4, 0.5) is 0 Å². The van der Waals surface area contributed by atoms with E-state index in [1.807, 2.05) is 31.2 Å².